The molecule has 18 heavy (non-hydrogen) atoms. The minimum atomic E-state index is 0.119. The first-order valence-electron chi connectivity index (χ1n) is 6.93. The average Bonchev–Trinajstić information content (AvgIpc) is 3.07. The Labute approximate surface area is 109 Å². The second-order valence-corrected chi connectivity index (χ2v) is 5.90. The fraction of sp³-hybridized carbons (Fsp3) is 0.500. The zero-order valence-corrected chi connectivity index (χ0v) is 10.9. The second-order valence-electron chi connectivity index (χ2n) is 5.90. The number of hydrogen-bond donors (Lipinski definition) is 1. The van der Waals surface area contributed by atoms with Gasteiger partial charge in [0.15, 0.2) is 0 Å². The Kier molecular flexibility index (Phi) is 2.90. The Hall–Kier alpha value is -1.28. The van der Waals surface area contributed by atoms with Gasteiger partial charge in [0.05, 0.1) is 0 Å². The maximum absolute atomic E-state index is 6.30. The number of nitrogens with two attached hydrogens (primary N) is 1. The molecule has 2 N–H and O–H groups in total. The maximum atomic E-state index is 6.30. The van der Waals surface area contributed by atoms with Gasteiger partial charge < -0.3 is 10.6 Å². The maximum Gasteiger partial charge on any atom is 0.0365 e. The number of allylic oxidation sites excluding steroid dienone is 1. The van der Waals surface area contributed by atoms with Gasteiger partial charge in [0.2, 0.25) is 0 Å². The number of likely N-dealkylation sites (tertiary alicyclic amines) is 1. The summed E-state index contributed by atoms with van der Waals surface area (Å²) in [5.74, 6) is 0.788. The zero-order chi connectivity index (χ0) is 12.6. The number of piperidine rings is 1. The Morgan fingerprint density at radius 2 is 2.17 bits per heavy atom. The third-order valence-corrected chi connectivity index (χ3v) is 4.50. The molecule has 2 aliphatic rings. The highest BCUT2D eigenvalue weighted by Gasteiger charge is 2.53. The number of hydrogen-bond acceptors (Lipinski definition) is 2. The molecule has 0 amide bonds. The number of fused-ring (bicyclic) bond motifs is 1. The first-order chi connectivity index (χ1) is 8.67. The summed E-state index contributed by atoms with van der Waals surface area (Å²) in [4.78, 5) is 2.41. The van der Waals surface area contributed by atoms with Crippen LogP contribution in [-0.4, -0.2) is 23.5 Å². The molecule has 1 saturated heterocycles. The van der Waals surface area contributed by atoms with E-state index in [0.717, 1.165) is 31.8 Å². The molecule has 3 rings (SSSR count). The normalized spacial score (nSPS) is 29.8. The summed E-state index contributed by atoms with van der Waals surface area (Å²) < 4.78 is 0. The quantitative estimate of drug-likeness (QED) is 0.879. The van der Waals surface area contributed by atoms with E-state index < -0.39 is 0 Å². The molecule has 2 atom stereocenters. The third-order valence-electron chi connectivity index (χ3n) is 4.50. The molecule has 0 spiro atoms. The van der Waals surface area contributed by atoms with Gasteiger partial charge in [-0.2, -0.15) is 0 Å². The fourth-order valence-corrected chi connectivity index (χ4v) is 3.09. The second kappa shape index (κ2) is 4.43. The first-order valence-corrected chi connectivity index (χ1v) is 6.93. The summed E-state index contributed by atoms with van der Waals surface area (Å²) in [6, 6.07) is 10.6. The van der Waals surface area contributed by atoms with Crippen molar-refractivity contribution in [3.8, 4) is 0 Å². The monoisotopic (exact) mass is 242 g/mol. The van der Waals surface area contributed by atoms with Crippen molar-refractivity contribution in [2.24, 2.45) is 11.7 Å². The Morgan fingerprint density at radius 3 is 2.89 bits per heavy atom. The van der Waals surface area contributed by atoms with E-state index in [1.807, 2.05) is 0 Å². The van der Waals surface area contributed by atoms with Crippen LogP contribution in [0.25, 0.3) is 0 Å². The molecule has 0 aromatic heterocycles. The summed E-state index contributed by atoms with van der Waals surface area (Å²) in [7, 11) is 0. The molecule has 1 aromatic rings. The molecule has 96 valence electrons. The zero-order valence-electron chi connectivity index (χ0n) is 10.9. The molecule has 1 heterocycles. The van der Waals surface area contributed by atoms with E-state index in [0.29, 0.717) is 0 Å². The predicted molar refractivity (Wildman–Crippen MR) is 75.1 cm³/mol. The van der Waals surface area contributed by atoms with Gasteiger partial charge in [-0.25, -0.2) is 0 Å². The Morgan fingerprint density at radius 1 is 1.39 bits per heavy atom. The lowest BCUT2D eigenvalue weighted by Crippen LogP contribution is -2.44. The van der Waals surface area contributed by atoms with Gasteiger partial charge in [-0.1, -0.05) is 36.9 Å². The lowest BCUT2D eigenvalue weighted by atomic mass is 10.0. The molecule has 2 unspecified atom stereocenters. The number of nitrogens with zero attached hydrogens (tertiary/aromatic N) is 1. The fourth-order valence-electron chi connectivity index (χ4n) is 3.09. The van der Waals surface area contributed by atoms with Crippen LogP contribution in [0, 0.1) is 5.92 Å². The molecule has 1 aliphatic carbocycles. The van der Waals surface area contributed by atoms with Gasteiger partial charge in [-0.15, -0.1) is 0 Å². The summed E-state index contributed by atoms with van der Waals surface area (Å²) in [6.45, 7) is 6.42. The summed E-state index contributed by atoms with van der Waals surface area (Å²) in [5.41, 5.74) is 9.07. The topological polar surface area (TPSA) is 29.3 Å². The van der Waals surface area contributed by atoms with E-state index in [1.165, 1.54) is 24.1 Å². The largest absolute Gasteiger partial charge is 0.373 e. The molecule has 1 aliphatic heterocycles. The predicted octanol–water partition coefficient (Wildman–Crippen LogP) is 2.56. The van der Waals surface area contributed by atoms with Crippen molar-refractivity contribution in [2.75, 3.05) is 13.1 Å². The Bertz CT molecular complexity index is 440. The van der Waals surface area contributed by atoms with Crippen LogP contribution in [0.2, 0.25) is 0 Å². The van der Waals surface area contributed by atoms with E-state index in [9.17, 15) is 0 Å². The standard InChI is InChI=1S/C16H22N2/c1-13(7-8-14-5-3-2-4-6-14)18-10-9-15-11-16(15,17)12-18/h2-6,15H,1,7-12,17H2. The third kappa shape index (κ3) is 2.30. The van der Waals surface area contributed by atoms with Crippen molar-refractivity contribution in [3.05, 3.63) is 48.2 Å². The van der Waals surface area contributed by atoms with E-state index in [1.54, 1.807) is 0 Å². The summed E-state index contributed by atoms with van der Waals surface area (Å²) in [5, 5.41) is 0. The van der Waals surface area contributed by atoms with Gasteiger partial charge >= 0.3 is 0 Å². The molecule has 2 fully saturated rings. The first kappa shape index (κ1) is 11.8. The van der Waals surface area contributed by atoms with Gasteiger partial charge in [0, 0.05) is 24.3 Å². The molecule has 0 radical (unpaired) electrons. The van der Waals surface area contributed by atoms with Crippen molar-refractivity contribution in [1.29, 1.82) is 0 Å². The average molecular weight is 242 g/mol. The van der Waals surface area contributed by atoms with Gasteiger partial charge in [0.25, 0.3) is 0 Å². The highest BCUT2D eigenvalue weighted by molar-refractivity contribution is 5.18. The van der Waals surface area contributed by atoms with E-state index >= 15 is 0 Å². The molecular weight excluding hydrogens is 220 g/mol. The highest BCUT2D eigenvalue weighted by atomic mass is 15.2. The van der Waals surface area contributed by atoms with Crippen molar-refractivity contribution >= 4 is 0 Å². The van der Waals surface area contributed by atoms with Crippen LogP contribution < -0.4 is 5.73 Å². The van der Waals surface area contributed by atoms with Crippen molar-refractivity contribution < 1.29 is 0 Å². The summed E-state index contributed by atoms with van der Waals surface area (Å²) in [6.07, 6.45) is 4.60. The molecule has 2 heteroatoms. The number of rotatable bonds is 4. The lowest BCUT2D eigenvalue weighted by molar-refractivity contribution is 0.246. The van der Waals surface area contributed by atoms with Crippen LogP contribution in [0.1, 0.15) is 24.8 Å². The lowest BCUT2D eigenvalue weighted by Gasteiger charge is -2.34. The van der Waals surface area contributed by atoms with Crippen LogP contribution >= 0.6 is 0 Å². The van der Waals surface area contributed by atoms with Gasteiger partial charge in [-0.05, 0) is 37.2 Å². The minimum absolute atomic E-state index is 0.119. The summed E-state index contributed by atoms with van der Waals surface area (Å²) >= 11 is 0. The van der Waals surface area contributed by atoms with Crippen molar-refractivity contribution in [3.63, 3.8) is 0 Å². The van der Waals surface area contributed by atoms with Gasteiger partial charge in [0.1, 0.15) is 0 Å². The van der Waals surface area contributed by atoms with Gasteiger partial charge in [-0.3, -0.25) is 0 Å². The SMILES string of the molecule is C=C(CCc1ccccc1)N1CCC2CC2(N)C1. The number of aryl methyl sites for hydroxylation is 1. The minimum Gasteiger partial charge on any atom is -0.373 e. The number of benzene rings is 1. The highest BCUT2D eigenvalue weighted by Crippen LogP contribution is 2.47. The van der Waals surface area contributed by atoms with Crippen LogP contribution in [0.4, 0.5) is 0 Å². The van der Waals surface area contributed by atoms with Crippen LogP contribution in [0.15, 0.2) is 42.6 Å². The van der Waals surface area contributed by atoms with E-state index in [4.69, 9.17) is 5.73 Å². The van der Waals surface area contributed by atoms with Crippen molar-refractivity contribution in [1.82, 2.24) is 4.90 Å². The molecule has 0 bridgehead atoms. The van der Waals surface area contributed by atoms with E-state index in [2.05, 4.69) is 41.8 Å². The molecule has 1 saturated carbocycles. The smallest absolute Gasteiger partial charge is 0.0365 e. The van der Waals surface area contributed by atoms with Crippen LogP contribution in [0.3, 0.4) is 0 Å². The van der Waals surface area contributed by atoms with Crippen LogP contribution in [-0.2, 0) is 6.42 Å². The molecule has 2 nitrogen and oxygen atoms in total. The van der Waals surface area contributed by atoms with Crippen molar-refractivity contribution in [2.45, 2.75) is 31.2 Å². The molecular formula is C16H22N2. The van der Waals surface area contributed by atoms with Crippen LogP contribution in [0.5, 0.6) is 0 Å². The molecule has 1 aromatic carbocycles. The Balaban J connectivity index is 1.52. The van der Waals surface area contributed by atoms with E-state index in [-0.39, 0.29) is 5.54 Å².